The second-order valence-corrected chi connectivity index (χ2v) is 5.11. The molecule has 1 saturated heterocycles. The SMILES string of the molecule is CC1(O)CCN(c2ncc([N+](=O)[O-])cc2C(=O)O)CC1. The Bertz CT molecular complexity index is 548. The lowest BCUT2D eigenvalue weighted by atomic mass is 9.93. The van der Waals surface area contributed by atoms with Crippen molar-refractivity contribution in [1.82, 2.24) is 4.98 Å². The third-order valence-electron chi connectivity index (χ3n) is 3.43. The van der Waals surface area contributed by atoms with Gasteiger partial charge in [-0.2, -0.15) is 0 Å². The van der Waals surface area contributed by atoms with Crippen LogP contribution >= 0.6 is 0 Å². The number of carboxylic acid groups (broad SMARTS) is 1. The van der Waals surface area contributed by atoms with Gasteiger partial charge in [0.25, 0.3) is 5.69 Å². The molecule has 8 nitrogen and oxygen atoms in total. The number of aromatic carboxylic acids is 1. The van der Waals surface area contributed by atoms with E-state index in [2.05, 4.69) is 4.98 Å². The molecule has 20 heavy (non-hydrogen) atoms. The van der Waals surface area contributed by atoms with Crippen molar-refractivity contribution in [1.29, 1.82) is 0 Å². The van der Waals surface area contributed by atoms with Crippen LogP contribution < -0.4 is 4.90 Å². The van der Waals surface area contributed by atoms with Gasteiger partial charge in [0.05, 0.1) is 10.5 Å². The van der Waals surface area contributed by atoms with E-state index in [0.29, 0.717) is 25.9 Å². The summed E-state index contributed by atoms with van der Waals surface area (Å²) in [5.41, 5.74) is -1.31. The third-order valence-corrected chi connectivity index (χ3v) is 3.43. The molecule has 1 aromatic heterocycles. The van der Waals surface area contributed by atoms with Gasteiger partial charge in [0, 0.05) is 19.2 Å². The zero-order chi connectivity index (χ0) is 14.9. The van der Waals surface area contributed by atoms with Gasteiger partial charge in [-0.3, -0.25) is 10.1 Å². The van der Waals surface area contributed by atoms with Crippen LogP contribution in [0, 0.1) is 10.1 Å². The fraction of sp³-hybridized carbons (Fsp3) is 0.500. The van der Waals surface area contributed by atoms with Crippen molar-refractivity contribution in [2.75, 3.05) is 18.0 Å². The van der Waals surface area contributed by atoms with E-state index in [-0.39, 0.29) is 17.1 Å². The van der Waals surface area contributed by atoms with Gasteiger partial charge in [-0.1, -0.05) is 0 Å². The van der Waals surface area contributed by atoms with Crippen molar-refractivity contribution < 1.29 is 19.9 Å². The lowest BCUT2D eigenvalue weighted by molar-refractivity contribution is -0.385. The molecular weight excluding hydrogens is 266 g/mol. The van der Waals surface area contributed by atoms with Gasteiger partial charge in [-0.25, -0.2) is 9.78 Å². The van der Waals surface area contributed by atoms with Gasteiger partial charge in [-0.15, -0.1) is 0 Å². The average Bonchev–Trinajstić information content (AvgIpc) is 2.38. The van der Waals surface area contributed by atoms with Crippen LogP contribution in [0.2, 0.25) is 0 Å². The second-order valence-electron chi connectivity index (χ2n) is 5.11. The number of hydrogen-bond acceptors (Lipinski definition) is 6. The minimum absolute atomic E-state index is 0.194. The Morgan fingerprint density at radius 2 is 2.10 bits per heavy atom. The second kappa shape index (κ2) is 5.04. The number of hydrogen-bond donors (Lipinski definition) is 2. The molecule has 0 aliphatic carbocycles. The first-order chi connectivity index (χ1) is 9.30. The van der Waals surface area contributed by atoms with Gasteiger partial charge < -0.3 is 15.1 Å². The lowest BCUT2D eigenvalue weighted by Gasteiger charge is -2.36. The van der Waals surface area contributed by atoms with Crippen molar-refractivity contribution >= 4 is 17.5 Å². The standard InChI is InChI=1S/C12H15N3O5/c1-12(18)2-4-14(5-3-12)10-9(11(16)17)6-8(7-13-10)15(19)20/h6-7,18H,2-5H2,1H3,(H,16,17). The first kappa shape index (κ1) is 14.2. The zero-order valence-electron chi connectivity index (χ0n) is 10.9. The Kier molecular flexibility index (Phi) is 3.58. The molecule has 0 bridgehead atoms. The molecule has 1 aliphatic rings. The van der Waals surface area contributed by atoms with Crippen LogP contribution in [0.5, 0.6) is 0 Å². The molecule has 2 rings (SSSR count). The van der Waals surface area contributed by atoms with Crippen molar-refractivity contribution in [3.8, 4) is 0 Å². The predicted molar refractivity (Wildman–Crippen MR) is 69.9 cm³/mol. The molecule has 2 heterocycles. The van der Waals surface area contributed by atoms with Gasteiger partial charge in [0.2, 0.25) is 0 Å². The molecule has 0 radical (unpaired) electrons. The van der Waals surface area contributed by atoms with Crippen LogP contribution in [0.3, 0.4) is 0 Å². The number of anilines is 1. The van der Waals surface area contributed by atoms with Gasteiger partial charge >= 0.3 is 5.97 Å². The maximum atomic E-state index is 11.2. The summed E-state index contributed by atoms with van der Waals surface area (Å²) in [5.74, 6) is -1.05. The smallest absolute Gasteiger partial charge is 0.339 e. The van der Waals surface area contributed by atoms with E-state index in [1.165, 1.54) is 0 Å². The first-order valence-corrected chi connectivity index (χ1v) is 6.15. The number of carboxylic acids is 1. The summed E-state index contributed by atoms with van der Waals surface area (Å²) >= 11 is 0. The Morgan fingerprint density at radius 3 is 2.60 bits per heavy atom. The number of carbonyl (C=O) groups is 1. The highest BCUT2D eigenvalue weighted by molar-refractivity contribution is 5.94. The van der Waals surface area contributed by atoms with Gasteiger partial charge in [0.15, 0.2) is 0 Å². The maximum absolute atomic E-state index is 11.2. The molecule has 1 fully saturated rings. The van der Waals surface area contributed by atoms with E-state index in [9.17, 15) is 20.0 Å². The van der Waals surface area contributed by atoms with Crippen molar-refractivity contribution in [3.63, 3.8) is 0 Å². The molecule has 0 saturated carbocycles. The molecule has 1 aromatic rings. The highest BCUT2D eigenvalue weighted by Gasteiger charge is 2.30. The monoisotopic (exact) mass is 281 g/mol. The fourth-order valence-electron chi connectivity index (χ4n) is 2.16. The molecular formula is C12H15N3O5. The number of nitro groups is 1. The minimum atomic E-state index is -1.26. The highest BCUT2D eigenvalue weighted by Crippen LogP contribution is 2.28. The van der Waals surface area contributed by atoms with Crippen LogP contribution in [-0.4, -0.2) is 44.8 Å². The molecule has 0 unspecified atom stereocenters. The van der Waals surface area contributed by atoms with Crippen molar-refractivity contribution in [3.05, 3.63) is 27.9 Å². The van der Waals surface area contributed by atoms with Crippen LogP contribution in [0.1, 0.15) is 30.1 Å². The summed E-state index contributed by atoms with van der Waals surface area (Å²) < 4.78 is 0. The number of nitrogens with zero attached hydrogens (tertiary/aromatic N) is 3. The predicted octanol–water partition coefficient (Wildman–Crippen LogP) is 1.04. The topological polar surface area (TPSA) is 117 Å². The first-order valence-electron chi connectivity index (χ1n) is 6.15. The van der Waals surface area contributed by atoms with E-state index >= 15 is 0 Å². The highest BCUT2D eigenvalue weighted by atomic mass is 16.6. The summed E-state index contributed by atoms with van der Waals surface area (Å²) in [6, 6.07) is 1.01. The molecule has 0 spiro atoms. The van der Waals surface area contributed by atoms with Crippen molar-refractivity contribution in [2.45, 2.75) is 25.4 Å². The van der Waals surface area contributed by atoms with Crippen LogP contribution in [0.15, 0.2) is 12.3 Å². The molecule has 8 heteroatoms. The largest absolute Gasteiger partial charge is 0.478 e. The Balaban J connectivity index is 2.32. The molecule has 0 amide bonds. The number of aromatic nitrogens is 1. The Labute approximate surface area is 114 Å². The molecule has 0 atom stereocenters. The molecule has 108 valence electrons. The van der Waals surface area contributed by atoms with E-state index in [4.69, 9.17) is 5.11 Å². The fourth-order valence-corrected chi connectivity index (χ4v) is 2.16. The summed E-state index contributed by atoms with van der Waals surface area (Å²) in [6.45, 7) is 2.64. The minimum Gasteiger partial charge on any atom is -0.478 e. The normalized spacial score (nSPS) is 17.8. The quantitative estimate of drug-likeness (QED) is 0.627. The average molecular weight is 281 g/mol. The molecule has 2 N–H and O–H groups in total. The number of aliphatic hydroxyl groups is 1. The maximum Gasteiger partial charge on any atom is 0.339 e. The van der Waals surface area contributed by atoms with Crippen LogP contribution in [0.25, 0.3) is 0 Å². The third kappa shape index (κ3) is 2.85. The summed E-state index contributed by atoms with van der Waals surface area (Å²) in [4.78, 5) is 26.9. The Morgan fingerprint density at radius 1 is 1.50 bits per heavy atom. The number of pyridine rings is 1. The molecule has 0 aromatic carbocycles. The van der Waals surface area contributed by atoms with E-state index in [0.717, 1.165) is 12.3 Å². The van der Waals surface area contributed by atoms with E-state index < -0.39 is 16.5 Å². The van der Waals surface area contributed by atoms with Gasteiger partial charge in [0.1, 0.15) is 17.6 Å². The van der Waals surface area contributed by atoms with Crippen LogP contribution in [-0.2, 0) is 0 Å². The van der Waals surface area contributed by atoms with Crippen molar-refractivity contribution in [2.24, 2.45) is 0 Å². The van der Waals surface area contributed by atoms with Crippen LogP contribution in [0.4, 0.5) is 11.5 Å². The summed E-state index contributed by atoms with van der Waals surface area (Å²) in [5, 5.41) is 29.7. The number of piperidine rings is 1. The van der Waals surface area contributed by atoms with E-state index in [1.54, 1.807) is 11.8 Å². The van der Waals surface area contributed by atoms with Gasteiger partial charge in [-0.05, 0) is 19.8 Å². The number of rotatable bonds is 3. The zero-order valence-corrected chi connectivity index (χ0v) is 10.9. The summed E-state index contributed by atoms with van der Waals surface area (Å²) in [6.07, 6.45) is 2.03. The van der Waals surface area contributed by atoms with E-state index in [1.807, 2.05) is 0 Å². The Hall–Kier alpha value is -2.22. The summed E-state index contributed by atoms with van der Waals surface area (Å²) in [7, 11) is 0. The lowest BCUT2D eigenvalue weighted by Crippen LogP contribution is -2.43. The molecule has 1 aliphatic heterocycles.